The van der Waals surface area contributed by atoms with E-state index in [0.717, 1.165) is 17.7 Å². The van der Waals surface area contributed by atoms with E-state index in [1.54, 1.807) is 0 Å². The van der Waals surface area contributed by atoms with E-state index in [-0.39, 0.29) is 5.60 Å². The van der Waals surface area contributed by atoms with E-state index in [0.29, 0.717) is 0 Å². The predicted octanol–water partition coefficient (Wildman–Crippen LogP) is 2.90. The normalized spacial score (nSPS) is 27.9. The molecule has 1 spiro atoms. The van der Waals surface area contributed by atoms with Gasteiger partial charge in [0.15, 0.2) is 11.1 Å². The largest absolute Gasteiger partial charge is 0.275 e. The number of hydrogen-bond donors (Lipinski definition) is 0. The van der Waals surface area contributed by atoms with Gasteiger partial charge in [-0.25, -0.2) is 4.21 Å². The summed E-state index contributed by atoms with van der Waals surface area (Å²) in [5, 5.41) is 0. The Bertz CT molecular complexity index is 408. The van der Waals surface area contributed by atoms with Gasteiger partial charge < -0.3 is 0 Å². The Balaban J connectivity index is 2.10. The van der Waals surface area contributed by atoms with Crippen molar-refractivity contribution in [1.82, 2.24) is 0 Å². The third kappa shape index (κ3) is 1.37. The molecule has 1 aliphatic heterocycles. The van der Waals surface area contributed by atoms with Crippen molar-refractivity contribution in [3.05, 3.63) is 29.8 Å². The van der Waals surface area contributed by atoms with Gasteiger partial charge in [0.1, 0.15) is 5.60 Å². The van der Waals surface area contributed by atoms with E-state index in [1.165, 1.54) is 24.8 Å². The van der Waals surface area contributed by atoms with E-state index in [9.17, 15) is 4.21 Å². The van der Waals surface area contributed by atoms with Crippen molar-refractivity contribution in [2.75, 3.05) is 0 Å². The van der Waals surface area contributed by atoms with Gasteiger partial charge in [0.2, 0.25) is 0 Å². The summed E-state index contributed by atoms with van der Waals surface area (Å²) in [6.07, 6.45) is 5.70. The Kier molecular flexibility index (Phi) is 2.18. The smallest absolute Gasteiger partial charge is 0.190 e. The molecule has 2 aliphatic rings. The fraction of sp³-hybridized carbons (Fsp3) is 0.500. The quantitative estimate of drug-likeness (QED) is 0.674. The van der Waals surface area contributed by atoms with Gasteiger partial charge in [-0.05, 0) is 18.9 Å². The molecule has 1 heterocycles. The summed E-state index contributed by atoms with van der Waals surface area (Å²) in [6.45, 7) is 0. The van der Waals surface area contributed by atoms with E-state index < -0.39 is 11.1 Å². The Hall–Kier alpha value is -0.670. The van der Waals surface area contributed by atoms with Gasteiger partial charge in [0, 0.05) is 5.56 Å². The van der Waals surface area contributed by atoms with E-state index in [4.69, 9.17) is 4.18 Å². The number of benzene rings is 1. The lowest BCUT2D eigenvalue weighted by molar-refractivity contribution is 0.0506. The summed E-state index contributed by atoms with van der Waals surface area (Å²) in [5.41, 5.74) is 0.947. The topological polar surface area (TPSA) is 26.3 Å². The molecule has 0 amide bonds. The molecule has 0 N–H and O–H groups in total. The number of fused-ring (bicyclic) bond motifs is 2. The molecule has 3 heteroatoms. The summed E-state index contributed by atoms with van der Waals surface area (Å²) in [6, 6.07) is 7.95. The van der Waals surface area contributed by atoms with Crippen LogP contribution >= 0.6 is 0 Å². The number of hydrogen-bond acceptors (Lipinski definition) is 2. The van der Waals surface area contributed by atoms with Crippen molar-refractivity contribution in [2.45, 2.75) is 42.6 Å². The molecule has 0 radical (unpaired) electrons. The summed E-state index contributed by atoms with van der Waals surface area (Å²) in [5.74, 6) is 0. The molecule has 15 heavy (non-hydrogen) atoms. The van der Waals surface area contributed by atoms with Crippen LogP contribution < -0.4 is 0 Å². The van der Waals surface area contributed by atoms with Crippen molar-refractivity contribution in [3.8, 4) is 0 Å². The highest BCUT2D eigenvalue weighted by Crippen LogP contribution is 2.48. The minimum Gasteiger partial charge on any atom is -0.275 e. The highest BCUT2D eigenvalue weighted by atomic mass is 32.2. The lowest BCUT2D eigenvalue weighted by Crippen LogP contribution is -2.28. The molecule has 1 saturated carbocycles. The molecule has 3 rings (SSSR count). The first-order valence-corrected chi connectivity index (χ1v) is 6.60. The molecule has 1 atom stereocenters. The Morgan fingerprint density at radius 2 is 1.87 bits per heavy atom. The van der Waals surface area contributed by atoms with Crippen LogP contribution in [0.15, 0.2) is 29.2 Å². The molecule has 0 bridgehead atoms. The molecular formula is C12H14O2S. The molecule has 0 aromatic heterocycles. The van der Waals surface area contributed by atoms with Gasteiger partial charge in [0.05, 0.1) is 4.90 Å². The van der Waals surface area contributed by atoms with Crippen molar-refractivity contribution in [2.24, 2.45) is 0 Å². The molecule has 1 fully saturated rings. The van der Waals surface area contributed by atoms with Crippen LogP contribution in [-0.2, 0) is 20.9 Å². The second-order valence-electron chi connectivity index (χ2n) is 4.37. The summed E-state index contributed by atoms with van der Waals surface area (Å²) in [7, 11) is 0. The molecule has 1 aromatic carbocycles. The summed E-state index contributed by atoms with van der Waals surface area (Å²) in [4.78, 5) is 0.888. The van der Waals surface area contributed by atoms with Crippen LogP contribution in [0.5, 0.6) is 0 Å². The molecule has 1 aliphatic carbocycles. The first-order chi connectivity index (χ1) is 7.32. The third-order valence-corrected chi connectivity index (χ3v) is 4.64. The van der Waals surface area contributed by atoms with E-state index >= 15 is 0 Å². The van der Waals surface area contributed by atoms with Crippen molar-refractivity contribution < 1.29 is 8.39 Å². The standard InChI is InChI=1S/C12H14O2S/c13-15-11-7-3-2-6-10(11)12(14-15)8-4-1-5-9-12/h2-3,6-7H,1,4-5,8-9H2. The molecule has 1 aromatic rings. The Labute approximate surface area is 92.3 Å². The van der Waals surface area contributed by atoms with Crippen LogP contribution in [0.2, 0.25) is 0 Å². The van der Waals surface area contributed by atoms with Crippen LogP contribution in [0.25, 0.3) is 0 Å². The Morgan fingerprint density at radius 1 is 1.13 bits per heavy atom. The van der Waals surface area contributed by atoms with E-state index in [2.05, 4.69) is 6.07 Å². The fourth-order valence-electron chi connectivity index (χ4n) is 2.70. The zero-order chi connectivity index (χ0) is 10.3. The van der Waals surface area contributed by atoms with Gasteiger partial charge in [-0.2, -0.15) is 0 Å². The first kappa shape index (κ1) is 9.55. The zero-order valence-electron chi connectivity index (χ0n) is 8.57. The second kappa shape index (κ2) is 3.42. The minimum atomic E-state index is -1.23. The fourth-order valence-corrected chi connectivity index (χ4v) is 3.96. The van der Waals surface area contributed by atoms with Gasteiger partial charge in [-0.15, -0.1) is 0 Å². The van der Waals surface area contributed by atoms with Crippen LogP contribution in [0, 0.1) is 0 Å². The van der Waals surface area contributed by atoms with Gasteiger partial charge in [-0.3, -0.25) is 4.18 Å². The van der Waals surface area contributed by atoms with Gasteiger partial charge in [-0.1, -0.05) is 37.5 Å². The summed E-state index contributed by atoms with van der Waals surface area (Å²) < 4.78 is 17.6. The van der Waals surface area contributed by atoms with Crippen LogP contribution in [0.3, 0.4) is 0 Å². The Morgan fingerprint density at radius 3 is 2.67 bits per heavy atom. The highest BCUT2D eigenvalue weighted by Gasteiger charge is 2.44. The molecule has 80 valence electrons. The molecule has 0 saturated heterocycles. The molecule has 2 nitrogen and oxygen atoms in total. The van der Waals surface area contributed by atoms with Crippen molar-refractivity contribution in [3.63, 3.8) is 0 Å². The lowest BCUT2D eigenvalue weighted by Gasteiger charge is -2.31. The van der Waals surface area contributed by atoms with Gasteiger partial charge in [0.25, 0.3) is 0 Å². The average Bonchev–Trinajstić information content (AvgIpc) is 2.55. The van der Waals surface area contributed by atoms with Gasteiger partial charge >= 0.3 is 0 Å². The maximum Gasteiger partial charge on any atom is 0.190 e. The maximum absolute atomic E-state index is 11.8. The molecule has 1 unspecified atom stereocenters. The molecular weight excluding hydrogens is 208 g/mol. The first-order valence-electron chi connectivity index (χ1n) is 5.53. The lowest BCUT2D eigenvalue weighted by atomic mass is 9.80. The third-order valence-electron chi connectivity index (χ3n) is 3.45. The minimum absolute atomic E-state index is 0.223. The monoisotopic (exact) mass is 222 g/mol. The van der Waals surface area contributed by atoms with Crippen LogP contribution in [0.4, 0.5) is 0 Å². The summed E-state index contributed by atoms with van der Waals surface area (Å²) >= 11 is -1.23. The maximum atomic E-state index is 11.8. The second-order valence-corrected chi connectivity index (χ2v) is 5.45. The zero-order valence-corrected chi connectivity index (χ0v) is 9.39. The van der Waals surface area contributed by atoms with Crippen molar-refractivity contribution in [1.29, 1.82) is 0 Å². The average molecular weight is 222 g/mol. The van der Waals surface area contributed by atoms with E-state index in [1.807, 2.05) is 18.2 Å². The van der Waals surface area contributed by atoms with Crippen LogP contribution in [0.1, 0.15) is 37.7 Å². The highest BCUT2D eigenvalue weighted by molar-refractivity contribution is 7.80. The number of rotatable bonds is 0. The van der Waals surface area contributed by atoms with Crippen LogP contribution in [-0.4, -0.2) is 4.21 Å². The SMILES string of the molecule is O=S1OC2(CCCCC2)c2ccccc21. The predicted molar refractivity (Wildman–Crippen MR) is 58.7 cm³/mol. The van der Waals surface area contributed by atoms with Crippen molar-refractivity contribution >= 4 is 11.1 Å².